The zero-order valence-corrected chi connectivity index (χ0v) is 4.05. The summed E-state index contributed by atoms with van der Waals surface area (Å²) in [5.74, 6) is -0.773. The van der Waals surface area contributed by atoms with Crippen LogP contribution in [0.1, 0.15) is 12.8 Å². The van der Waals surface area contributed by atoms with Crippen LogP contribution in [0.4, 0.5) is 0 Å². The minimum absolute atomic E-state index is 0.191. The minimum atomic E-state index is -0.773. The second-order valence-corrected chi connectivity index (χ2v) is 1.29. The van der Waals surface area contributed by atoms with E-state index in [1.807, 2.05) is 0 Å². The molecular weight excluding hydrogens is 98.0 g/mol. The number of carbonyl (C=O) groups is 1. The SMILES string of the molecule is N[13CH2][13CH2][13CH2][13C](=O)O. The lowest BCUT2D eigenvalue weighted by Gasteiger charge is -1.86. The van der Waals surface area contributed by atoms with Gasteiger partial charge in [-0.1, -0.05) is 0 Å². The maximum absolute atomic E-state index is 9.70. The fourth-order valence-electron chi connectivity index (χ4n) is 0.253. The van der Waals surface area contributed by atoms with E-state index < -0.39 is 5.97 Å². The molecule has 0 aromatic carbocycles. The van der Waals surface area contributed by atoms with E-state index in [1.165, 1.54) is 0 Å². The van der Waals surface area contributed by atoms with Crippen molar-refractivity contribution in [1.82, 2.24) is 0 Å². The highest BCUT2D eigenvalue weighted by Gasteiger charge is 1.91. The lowest BCUT2D eigenvalue weighted by molar-refractivity contribution is -0.137. The van der Waals surface area contributed by atoms with Crippen LogP contribution in [0.2, 0.25) is 0 Å². The molecule has 0 aliphatic carbocycles. The van der Waals surface area contributed by atoms with Gasteiger partial charge in [0.25, 0.3) is 0 Å². The molecular formula is C4H9NO2. The zero-order chi connectivity index (χ0) is 5.70. The number of hydrogen-bond acceptors (Lipinski definition) is 2. The molecule has 0 bridgehead atoms. The third-order valence-electron chi connectivity index (χ3n) is 0.595. The third-order valence-corrected chi connectivity index (χ3v) is 0.595. The molecule has 3 nitrogen and oxygen atoms in total. The number of nitrogens with two attached hydrogens (primary N) is 1. The largest absolute Gasteiger partial charge is 0.481 e. The molecule has 0 saturated carbocycles. The van der Waals surface area contributed by atoms with Crippen LogP contribution >= 0.6 is 0 Å². The van der Waals surface area contributed by atoms with E-state index >= 15 is 0 Å². The highest BCUT2D eigenvalue weighted by Crippen LogP contribution is 1.82. The van der Waals surface area contributed by atoms with Crippen LogP contribution in [0.15, 0.2) is 0 Å². The van der Waals surface area contributed by atoms with Gasteiger partial charge in [0, 0.05) is 6.42 Å². The molecule has 0 aliphatic rings. The topological polar surface area (TPSA) is 63.3 Å². The summed E-state index contributed by atoms with van der Waals surface area (Å²) >= 11 is 0. The number of rotatable bonds is 3. The van der Waals surface area contributed by atoms with Crippen molar-refractivity contribution in [3.05, 3.63) is 0 Å². The summed E-state index contributed by atoms with van der Waals surface area (Å²) < 4.78 is 0. The van der Waals surface area contributed by atoms with Crippen molar-refractivity contribution in [3.63, 3.8) is 0 Å². The Hall–Kier alpha value is -0.570. The quantitative estimate of drug-likeness (QED) is 0.491. The molecule has 0 rings (SSSR count). The van der Waals surface area contributed by atoms with Crippen molar-refractivity contribution in [1.29, 1.82) is 0 Å². The molecule has 0 aliphatic heterocycles. The summed E-state index contributed by atoms with van der Waals surface area (Å²) in [6, 6.07) is 0. The van der Waals surface area contributed by atoms with E-state index in [9.17, 15) is 4.79 Å². The van der Waals surface area contributed by atoms with Gasteiger partial charge in [-0.15, -0.1) is 0 Å². The van der Waals surface area contributed by atoms with Crippen LogP contribution in [-0.2, 0) is 4.79 Å². The average molecular weight is 107 g/mol. The molecule has 3 N–H and O–H groups in total. The summed E-state index contributed by atoms with van der Waals surface area (Å²) in [4.78, 5) is 9.70. The van der Waals surface area contributed by atoms with E-state index in [-0.39, 0.29) is 6.42 Å². The monoisotopic (exact) mass is 107 g/mol. The molecule has 0 unspecified atom stereocenters. The van der Waals surface area contributed by atoms with Crippen LogP contribution in [0.3, 0.4) is 0 Å². The molecule has 7 heavy (non-hydrogen) atoms. The lowest BCUT2D eigenvalue weighted by atomic mass is 11.3. The molecule has 3 heteroatoms. The average Bonchev–Trinajstić information content (AvgIpc) is 1.61. The first-order valence-electron chi connectivity index (χ1n) is 2.19. The van der Waals surface area contributed by atoms with E-state index in [0.29, 0.717) is 13.0 Å². The Labute approximate surface area is 42.1 Å². The van der Waals surface area contributed by atoms with Gasteiger partial charge in [-0.05, 0) is 13.0 Å². The van der Waals surface area contributed by atoms with Crippen LogP contribution in [0, 0.1) is 0 Å². The van der Waals surface area contributed by atoms with Crippen molar-refractivity contribution in [2.75, 3.05) is 6.54 Å². The van der Waals surface area contributed by atoms with Gasteiger partial charge < -0.3 is 10.8 Å². The Morgan fingerprint density at radius 1 is 1.71 bits per heavy atom. The molecule has 0 atom stereocenters. The minimum Gasteiger partial charge on any atom is -0.481 e. The number of aliphatic carboxylic acids is 1. The first-order chi connectivity index (χ1) is 3.27. The molecule has 0 radical (unpaired) electrons. The van der Waals surface area contributed by atoms with E-state index in [0.717, 1.165) is 0 Å². The van der Waals surface area contributed by atoms with Gasteiger partial charge in [0.05, 0.1) is 0 Å². The van der Waals surface area contributed by atoms with Crippen LogP contribution in [0.5, 0.6) is 0 Å². The molecule has 0 amide bonds. The molecule has 0 spiro atoms. The molecule has 0 fully saturated rings. The Kier molecular flexibility index (Phi) is 3.32. The molecule has 0 aromatic heterocycles. The Balaban J connectivity index is 2.82. The summed E-state index contributed by atoms with van der Waals surface area (Å²) in [5, 5.41) is 7.99. The second-order valence-electron chi connectivity index (χ2n) is 1.29. The summed E-state index contributed by atoms with van der Waals surface area (Å²) in [7, 11) is 0. The van der Waals surface area contributed by atoms with Crippen molar-refractivity contribution >= 4 is 5.97 Å². The zero-order valence-electron chi connectivity index (χ0n) is 4.05. The molecule has 0 aromatic rings. The number of carboxylic acid groups (broad SMARTS) is 1. The molecule has 42 valence electrons. The highest BCUT2D eigenvalue weighted by atomic mass is 16.5. The summed E-state index contributed by atoms with van der Waals surface area (Å²) in [6.45, 7) is 0.465. The van der Waals surface area contributed by atoms with Crippen molar-refractivity contribution in [2.45, 2.75) is 12.8 Å². The van der Waals surface area contributed by atoms with Crippen molar-refractivity contribution in [3.8, 4) is 0 Å². The van der Waals surface area contributed by atoms with Crippen molar-refractivity contribution < 1.29 is 9.90 Å². The maximum Gasteiger partial charge on any atom is 0.303 e. The highest BCUT2D eigenvalue weighted by molar-refractivity contribution is 5.66. The van der Waals surface area contributed by atoms with E-state index in [1.54, 1.807) is 0 Å². The van der Waals surface area contributed by atoms with Crippen molar-refractivity contribution in [2.24, 2.45) is 5.73 Å². The second kappa shape index (κ2) is 3.61. The van der Waals surface area contributed by atoms with Crippen LogP contribution < -0.4 is 5.73 Å². The fraction of sp³-hybridized carbons (Fsp3) is 0.750. The summed E-state index contributed by atoms with van der Waals surface area (Å²) in [5.41, 5.74) is 5.01. The van der Waals surface area contributed by atoms with Gasteiger partial charge in [0.15, 0.2) is 0 Å². The Bertz CT molecular complexity index is 62.7. The van der Waals surface area contributed by atoms with Gasteiger partial charge in [0.1, 0.15) is 0 Å². The number of carboxylic acids is 1. The standard InChI is InChI=1S/C4H9NO2/c5-3-1-2-4(6)7/h1-3,5H2,(H,6,7)/i1+1,2+1,3+1,4+1. The first-order valence-corrected chi connectivity index (χ1v) is 2.19. The molecule has 0 heterocycles. The Morgan fingerprint density at radius 3 is 2.43 bits per heavy atom. The third kappa shape index (κ3) is 5.43. The van der Waals surface area contributed by atoms with E-state index in [2.05, 4.69) is 0 Å². The number of hydrogen-bond donors (Lipinski definition) is 2. The predicted octanol–water partition coefficient (Wildman–Crippen LogP) is -0.190. The smallest absolute Gasteiger partial charge is 0.303 e. The van der Waals surface area contributed by atoms with Crippen LogP contribution in [-0.4, -0.2) is 17.6 Å². The first kappa shape index (κ1) is 6.43. The van der Waals surface area contributed by atoms with Crippen LogP contribution in [0.25, 0.3) is 0 Å². The maximum atomic E-state index is 9.70. The summed E-state index contributed by atoms with van der Waals surface area (Å²) in [6.07, 6.45) is 0.770. The van der Waals surface area contributed by atoms with Gasteiger partial charge in [-0.3, -0.25) is 4.79 Å². The van der Waals surface area contributed by atoms with Gasteiger partial charge in [0.2, 0.25) is 0 Å². The van der Waals surface area contributed by atoms with Gasteiger partial charge >= 0.3 is 5.97 Å². The normalized spacial score (nSPS) is 8.71. The predicted molar refractivity (Wildman–Crippen MR) is 25.9 cm³/mol. The van der Waals surface area contributed by atoms with Gasteiger partial charge in [-0.2, -0.15) is 0 Å². The fourth-order valence-corrected chi connectivity index (χ4v) is 0.253. The van der Waals surface area contributed by atoms with E-state index in [4.69, 9.17) is 10.8 Å². The van der Waals surface area contributed by atoms with Gasteiger partial charge in [-0.25, -0.2) is 0 Å². The Morgan fingerprint density at radius 2 is 2.29 bits per heavy atom. The lowest BCUT2D eigenvalue weighted by Crippen LogP contribution is -2.02. The molecule has 0 saturated heterocycles.